The summed E-state index contributed by atoms with van der Waals surface area (Å²) >= 11 is 0. The summed E-state index contributed by atoms with van der Waals surface area (Å²) in [4.78, 5) is 29.8. The number of aliphatic hydroxyl groups is 2. The number of hydrogen-bond acceptors (Lipinski definition) is 8. The van der Waals surface area contributed by atoms with Crippen LogP contribution in [0.5, 0.6) is 23.0 Å². The number of amides is 2. The van der Waals surface area contributed by atoms with Gasteiger partial charge >= 0.3 is 0 Å². The Morgan fingerprint density at radius 1 is 1.02 bits per heavy atom. The van der Waals surface area contributed by atoms with Gasteiger partial charge in [0.1, 0.15) is 40.9 Å². The monoisotopic (exact) mass is 630 g/mol. The van der Waals surface area contributed by atoms with E-state index in [1.54, 1.807) is 48.4 Å². The van der Waals surface area contributed by atoms with Crippen LogP contribution in [0, 0.1) is 11.8 Å². The SMILES string of the molecule is CCC(C)C(=O)N[C@H]1CCCN1C(=O)[C@@H]1[C@@H](c2ccccc2)[C@@]2(c3ccc(OC)cc3)Oc3cc(OC)cc(OC)c3[C@]1(O)[C@H]2O. The standard InChI is InChI=1S/C36H42N2O8/c1-6-21(2)32(39)37-28-13-10-18-38(28)33(40)31-29(22-11-8-7-9-12-22)36(23-14-16-24(43-3)17-15-23)34(41)35(31,42)30-26(45-5)19-25(44-4)20-27(30)46-36/h7-9,11-12,14-17,19-21,28-29,31,34,41-42H,6,10,13,18H2,1-5H3,(H,37,39)/t21?,28-,29-,31+,34-,35-,36-/m1/s1. The van der Waals surface area contributed by atoms with E-state index in [-0.39, 0.29) is 28.9 Å². The Balaban J connectivity index is 1.60. The first kappa shape index (κ1) is 31.7. The molecule has 1 aliphatic carbocycles. The quantitative estimate of drug-likeness (QED) is 0.323. The predicted molar refractivity (Wildman–Crippen MR) is 170 cm³/mol. The molecule has 1 saturated heterocycles. The highest BCUT2D eigenvalue weighted by Gasteiger charge is 2.76. The molecule has 6 rings (SSSR count). The van der Waals surface area contributed by atoms with E-state index in [2.05, 4.69) is 5.32 Å². The third-order valence-electron chi connectivity index (χ3n) is 10.1. The molecule has 7 atom stereocenters. The molecule has 2 bridgehead atoms. The summed E-state index contributed by atoms with van der Waals surface area (Å²) < 4.78 is 23.7. The number of benzene rings is 3. The van der Waals surface area contributed by atoms with Crippen LogP contribution in [0.1, 0.15) is 55.7 Å². The summed E-state index contributed by atoms with van der Waals surface area (Å²) in [7, 11) is 4.54. The Kier molecular flexibility index (Phi) is 8.37. The van der Waals surface area contributed by atoms with Crippen molar-refractivity contribution in [3.8, 4) is 23.0 Å². The van der Waals surface area contributed by atoms with Crippen LogP contribution in [-0.2, 0) is 20.8 Å². The van der Waals surface area contributed by atoms with Crippen LogP contribution < -0.4 is 24.3 Å². The Labute approximate surface area is 269 Å². The van der Waals surface area contributed by atoms with Gasteiger partial charge in [0, 0.05) is 30.5 Å². The van der Waals surface area contributed by atoms with Gasteiger partial charge in [0.2, 0.25) is 11.8 Å². The third-order valence-corrected chi connectivity index (χ3v) is 10.1. The molecule has 1 unspecified atom stereocenters. The molecule has 1 saturated carbocycles. The number of carbonyl (C=O) groups is 2. The van der Waals surface area contributed by atoms with Gasteiger partial charge in [0.05, 0.1) is 32.8 Å². The number of ether oxygens (including phenoxy) is 4. The number of hydrogen-bond donors (Lipinski definition) is 3. The average Bonchev–Trinajstić information content (AvgIpc) is 3.59. The van der Waals surface area contributed by atoms with E-state index in [4.69, 9.17) is 18.9 Å². The molecule has 46 heavy (non-hydrogen) atoms. The number of fused-ring (bicyclic) bond motifs is 4. The normalized spacial score (nSPS) is 28.5. The fraction of sp³-hybridized carbons (Fsp3) is 0.444. The highest BCUT2D eigenvalue weighted by molar-refractivity contribution is 5.86. The summed E-state index contributed by atoms with van der Waals surface area (Å²) in [5.74, 6) is -1.38. The molecule has 2 fully saturated rings. The number of rotatable bonds is 9. The second-order valence-corrected chi connectivity index (χ2v) is 12.4. The maximum atomic E-state index is 15.1. The van der Waals surface area contributed by atoms with E-state index in [0.717, 1.165) is 0 Å². The lowest BCUT2D eigenvalue weighted by atomic mass is 9.75. The lowest BCUT2D eigenvalue weighted by Gasteiger charge is -2.45. The van der Waals surface area contributed by atoms with Crippen LogP contribution in [0.2, 0.25) is 0 Å². The largest absolute Gasteiger partial charge is 0.497 e. The second kappa shape index (κ2) is 12.1. The minimum Gasteiger partial charge on any atom is -0.497 e. The molecule has 0 radical (unpaired) electrons. The van der Waals surface area contributed by atoms with Gasteiger partial charge in [-0.05, 0) is 42.5 Å². The van der Waals surface area contributed by atoms with E-state index in [1.165, 1.54) is 14.2 Å². The smallest absolute Gasteiger partial charge is 0.231 e. The number of nitrogens with zero attached hydrogens (tertiary/aromatic N) is 1. The van der Waals surface area contributed by atoms with Gasteiger partial charge in [-0.25, -0.2) is 0 Å². The average molecular weight is 631 g/mol. The first-order chi connectivity index (χ1) is 22.1. The maximum absolute atomic E-state index is 15.1. The zero-order valence-corrected chi connectivity index (χ0v) is 26.9. The molecule has 10 heteroatoms. The minimum absolute atomic E-state index is 0.132. The fourth-order valence-corrected chi connectivity index (χ4v) is 7.61. The molecule has 3 N–H and O–H groups in total. The van der Waals surface area contributed by atoms with Gasteiger partial charge in [-0.3, -0.25) is 9.59 Å². The predicted octanol–water partition coefficient (Wildman–Crippen LogP) is 4.07. The molecule has 2 aliphatic heterocycles. The summed E-state index contributed by atoms with van der Waals surface area (Å²) in [6.45, 7) is 4.19. The fourth-order valence-electron chi connectivity index (χ4n) is 7.61. The first-order valence-corrected chi connectivity index (χ1v) is 15.8. The Morgan fingerprint density at radius 2 is 1.72 bits per heavy atom. The topological polar surface area (TPSA) is 127 Å². The van der Waals surface area contributed by atoms with E-state index < -0.39 is 41.2 Å². The van der Waals surface area contributed by atoms with Crippen molar-refractivity contribution >= 4 is 11.8 Å². The van der Waals surface area contributed by atoms with Crippen LogP contribution in [-0.4, -0.2) is 67.1 Å². The van der Waals surface area contributed by atoms with E-state index >= 15 is 4.79 Å². The lowest BCUT2D eigenvalue weighted by Crippen LogP contribution is -2.56. The minimum atomic E-state index is -2.17. The lowest BCUT2D eigenvalue weighted by molar-refractivity contribution is -0.167. The zero-order valence-electron chi connectivity index (χ0n) is 26.9. The van der Waals surface area contributed by atoms with E-state index in [0.29, 0.717) is 48.4 Å². The molecule has 244 valence electrons. The van der Waals surface area contributed by atoms with Gasteiger partial charge in [-0.2, -0.15) is 0 Å². The van der Waals surface area contributed by atoms with Gasteiger partial charge in [-0.1, -0.05) is 56.3 Å². The molecule has 0 aromatic heterocycles. The van der Waals surface area contributed by atoms with Gasteiger partial charge in [-0.15, -0.1) is 0 Å². The highest BCUT2D eigenvalue weighted by atomic mass is 16.5. The number of carbonyl (C=O) groups excluding carboxylic acids is 2. The molecular formula is C36H42N2O8. The number of likely N-dealkylation sites (tertiary alicyclic amines) is 1. The van der Waals surface area contributed by atoms with Gasteiger partial charge in [0.15, 0.2) is 5.60 Å². The van der Waals surface area contributed by atoms with Crippen molar-refractivity contribution in [2.45, 2.75) is 62.5 Å². The molecular weight excluding hydrogens is 588 g/mol. The molecule has 3 aromatic carbocycles. The van der Waals surface area contributed by atoms with Crippen molar-refractivity contribution in [1.82, 2.24) is 10.2 Å². The van der Waals surface area contributed by atoms with Crippen molar-refractivity contribution in [1.29, 1.82) is 0 Å². The molecule has 2 heterocycles. The second-order valence-electron chi connectivity index (χ2n) is 12.4. The van der Waals surface area contributed by atoms with Gasteiger partial charge in [0.25, 0.3) is 0 Å². The van der Waals surface area contributed by atoms with Crippen LogP contribution in [0.15, 0.2) is 66.7 Å². The van der Waals surface area contributed by atoms with Crippen LogP contribution in [0.4, 0.5) is 0 Å². The first-order valence-electron chi connectivity index (χ1n) is 15.8. The Morgan fingerprint density at radius 3 is 2.35 bits per heavy atom. The summed E-state index contributed by atoms with van der Waals surface area (Å²) in [6, 6.07) is 19.7. The molecule has 3 aliphatic rings. The zero-order chi connectivity index (χ0) is 32.8. The van der Waals surface area contributed by atoms with E-state index in [9.17, 15) is 15.0 Å². The van der Waals surface area contributed by atoms with Crippen LogP contribution in [0.3, 0.4) is 0 Å². The molecule has 3 aromatic rings. The molecule has 10 nitrogen and oxygen atoms in total. The molecule has 0 spiro atoms. The molecule has 2 amide bonds. The summed E-state index contributed by atoms with van der Waals surface area (Å²) in [5.41, 5.74) is -2.37. The van der Waals surface area contributed by atoms with Crippen molar-refractivity contribution < 1.29 is 38.7 Å². The number of nitrogens with one attached hydrogen (secondary N) is 1. The Bertz CT molecular complexity index is 1600. The van der Waals surface area contributed by atoms with Crippen LogP contribution in [0.25, 0.3) is 0 Å². The third kappa shape index (κ3) is 4.69. The van der Waals surface area contributed by atoms with Crippen LogP contribution >= 0.6 is 0 Å². The highest BCUT2D eigenvalue weighted by Crippen LogP contribution is 2.68. The van der Waals surface area contributed by atoms with Crippen molar-refractivity contribution in [2.75, 3.05) is 27.9 Å². The summed E-state index contributed by atoms with van der Waals surface area (Å²) in [5, 5.41) is 28.8. The maximum Gasteiger partial charge on any atom is 0.231 e. The van der Waals surface area contributed by atoms with Gasteiger partial charge < -0.3 is 39.4 Å². The summed E-state index contributed by atoms with van der Waals surface area (Å²) in [6.07, 6.45) is -0.244. The van der Waals surface area contributed by atoms with Crippen molar-refractivity contribution in [2.24, 2.45) is 11.8 Å². The number of methoxy groups -OCH3 is 3. The van der Waals surface area contributed by atoms with E-state index in [1.807, 2.05) is 44.2 Å². The van der Waals surface area contributed by atoms with Crippen molar-refractivity contribution in [3.05, 3.63) is 83.4 Å². The Hall–Kier alpha value is -4.28. The van der Waals surface area contributed by atoms with Crippen molar-refractivity contribution in [3.63, 3.8) is 0 Å². The number of aliphatic hydroxyl groups excluding tert-OH is 1.